The lowest BCUT2D eigenvalue weighted by Gasteiger charge is -2.36. The van der Waals surface area contributed by atoms with Crippen LogP contribution < -0.4 is 10.6 Å². The number of hydrogen-bond donors (Lipinski definition) is 2. The first kappa shape index (κ1) is 12.3. The minimum atomic E-state index is -0.300. The number of nitrogens with zero attached hydrogens (tertiary/aromatic N) is 1. The van der Waals surface area contributed by atoms with Crippen LogP contribution in [0.3, 0.4) is 0 Å². The molecule has 94 valence electrons. The summed E-state index contributed by atoms with van der Waals surface area (Å²) in [5.41, 5.74) is 7.04. The second-order valence-electron chi connectivity index (χ2n) is 4.13. The number of anilines is 1. The number of benzene rings is 1. The van der Waals surface area contributed by atoms with Gasteiger partial charge in [-0.3, -0.25) is 0 Å². The van der Waals surface area contributed by atoms with E-state index in [0.29, 0.717) is 26.3 Å². The van der Waals surface area contributed by atoms with Gasteiger partial charge >= 0.3 is 0 Å². The number of halogens is 1. The van der Waals surface area contributed by atoms with E-state index in [4.69, 9.17) is 10.5 Å². The zero-order valence-electron chi connectivity index (χ0n) is 9.60. The number of morpholine rings is 1. The minimum Gasteiger partial charge on any atom is -0.394 e. The second-order valence-corrected chi connectivity index (χ2v) is 4.13. The largest absolute Gasteiger partial charge is 0.394 e. The van der Waals surface area contributed by atoms with Crippen molar-refractivity contribution in [3.63, 3.8) is 0 Å². The Morgan fingerprint density at radius 3 is 3.00 bits per heavy atom. The van der Waals surface area contributed by atoms with Crippen LogP contribution in [0.2, 0.25) is 0 Å². The third kappa shape index (κ3) is 2.74. The summed E-state index contributed by atoms with van der Waals surface area (Å²) in [4.78, 5) is 1.96. The summed E-state index contributed by atoms with van der Waals surface area (Å²) >= 11 is 0. The van der Waals surface area contributed by atoms with Crippen LogP contribution in [0.25, 0.3) is 0 Å². The third-order valence-electron chi connectivity index (χ3n) is 2.95. The van der Waals surface area contributed by atoms with Crippen molar-refractivity contribution in [1.29, 1.82) is 0 Å². The van der Waals surface area contributed by atoms with E-state index in [9.17, 15) is 9.50 Å². The zero-order chi connectivity index (χ0) is 12.3. The maximum Gasteiger partial charge on any atom is 0.125 e. The van der Waals surface area contributed by atoms with Crippen LogP contribution in [0.4, 0.5) is 10.1 Å². The van der Waals surface area contributed by atoms with Crippen molar-refractivity contribution < 1.29 is 14.2 Å². The van der Waals surface area contributed by atoms with Gasteiger partial charge in [-0.2, -0.15) is 0 Å². The van der Waals surface area contributed by atoms with E-state index in [1.54, 1.807) is 0 Å². The van der Waals surface area contributed by atoms with Gasteiger partial charge < -0.3 is 20.5 Å². The topological polar surface area (TPSA) is 58.7 Å². The lowest BCUT2D eigenvalue weighted by atomic mass is 10.1. The van der Waals surface area contributed by atoms with Crippen LogP contribution in [0.1, 0.15) is 5.56 Å². The molecule has 1 aliphatic rings. The van der Waals surface area contributed by atoms with Gasteiger partial charge in [0.1, 0.15) is 5.82 Å². The normalized spacial score (nSPS) is 20.6. The van der Waals surface area contributed by atoms with Crippen molar-refractivity contribution in [2.45, 2.75) is 12.6 Å². The molecule has 1 fully saturated rings. The molecular weight excluding hydrogens is 223 g/mol. The van der Waals surface area contributed by atoms with Crippen molar-refractivity contribution in [1.82, 2.24) is 0 Å². The maximum atomic E-state index is 13.4. The fourth-order valence-electron chi connectivity index (χ4n) is 2.06. The van der Waals surface area contributed by atoms with Gasteiger partial charge in [-0.25, -0.2) is 4.39 Å². The fourth-order valence-corrected chi connectivity index (χ4v) is 2.06. The minimum absolute atomic E-state index is 0.00548. The molecule has 0 amide bonds. The van der Waals surface area contributed by atoms with E-state index in [1.165, 1.54) is 12.1 Å². The molecule has 1 heterocycles. The molecule has 0 aliphatic carbocycles. The molecule has 0 spiro atoms. The van der Waals surface area contributed by atoms with Gasteiger partial charge in [-0.15, -0.1) is 0 Å². The molecule has 3 N–H and O–H groups in total. The summed E-state index contributed by atoms with van der Waals surface area (Å²) in [5.74, 6) is -0.300. The molecule has 1 aromatic rings. The number of hydrogen-bond acceptors (Lipinski definition) is 4. The summed E-state index contributed by atoms with van der Waals surface area (Å²) in [6.07, 6.45) is 0. The maximum absolute atomic E-state index is 13.4. The standard InChI is InChI=1S/C12H17FN2O2/c13-10-3-9(6-14)4-11(5-10)15-1-2-17-8-12(15)7-16/h3-5,12,16H,1-2,6-8,14H2. The van der Waals surface area contributed by atoms with Crippen LogP contribution in [-0.2, 0) is 11.3 Å². The van der Waals surface area contributed by atoms with E-state index in [-0.39, 0.29) is 18.5 Å². The first-order valence-corrected chi connectivity index (χ1v) is 5.69. The molecular formula is C12H17FN2O2. The molecule has 2 rings (SSSR count). The summed E-state index contributed by atoms with van der Waals surface area (Å²) in [5, 5.41) is 9.28. The number of aliphatic hydroxyl groups excluding tert-OH is 1. The Kier molecular flexibility index (Phi) is 3.93. The molecule has 0 saturated carbocycles. The van der Waals surface area contributed by atoms with Gasteiger partial charge in [0.25, 0.3) is 0 Å². The summed E-state index contributed by atoms with van der Waals surface area (Å²) in [6, 6.07) is 4.64. The molecule has 17 heavy (non-hydrogen) atoms. The number of rotatable bonds is 3. The van der Waals surface area contributed by atoms with Gasteiger partial charge in [0.05, 0.1) is 25.9 Å². The van der Waals surface area contributed by atoms with Crippen molar-refractivity contribution >= 4 is 5.69 Å². The molecule has 1 atom stereocenters. The third-order valence-corrected chi connectivity index (χ3v) is 2.95. The van der Waals surface area contributed by atoms with Gasteiger partial charge in [0.2, 0.25) is 0 Å². The second kappa shape index (κ2) is 5.44. The van der Waals surface area contributed by atoms with Gasteiger partial charge in [0.15, 0.2) is 0 Å². The van der Waals surface area contributed by atoms with E-state index in [0.717, 1.165) is 11.3 Å². The average Bonchev–Trinajstić information content (AvgIpc) is 2.37. The molecule has 5 heteroatoms. The Bertz CT molecular complexity index is 387. The predicted octanol–water partition coefficient (Wildman–Crippen LogP) is 0.482. The molecule has 1 saturated heterocycles. The lowest BCUT2D eigenvalue weighted by Crippen LogP contribution is -2.47. The first-order valence-electron chi connectivity index (χ1n) is 5.69. The highest BCUT2D eigenvalue weighted by Gasteiger charge is 2.23. The Labute approximate surface area is 99.8 Å². The smallest absolute Gasteiger partial charge is 0.125 e. The quantitative estimate of drug-likeness (QED) is 0.807. The van der Waals surface area contributed by atoms with Crippen LogP contribution in [0.5, 0.6) is 0 Å². The van der Waals surface area contributed by atoms with Gasteiger partial charge in [-0.1, -0.05) is 0 Å². The van der Waals surface area contributed by atoms with Crippen molar-refractivity contribution in [3.05, 3.63) is 29.6 Å². The number of aliphatic hydroxyl groups is 1. The molecule has 1 aromatic carbocycles. The van der Waals surface area contributed by atoms with E-state index < -0.39 is 0 Å². The monoisotopic (exact) mass is 240 g/mol. The molecule has 4 nitrogen and oxygen atoms in total. The molecule has 0 bridgehead atoms. The van der Waals surface area contributed by atoms with Crippen LogP contribution in [0, 0.1) is 5.82 Å². The molecule has 0 radical (unpaired) electrons. The van der Waals surface area contributed by atoms with Crippen molar-refractivity contribution in [3.8, 4) is 0 Å². The summed E-state index contributed by atoms with van der Waals surface area (Å²) in [7, 11) is 0. The average molecular weight is 240 g/mol. The van der Waals surface area contributed by atoms with Crippen LogP contribution in [0.15, 0.2) is 18.2 Å². The van der Waals surface area contributed by atoms with Gasteiger partial charge in [0, 0.05) is 18.8 Å². The van der Waals surface area contributed by atoms with Crippen molar-refractivity contribution in [2.75, 3.05) is 31.3 Å². The van der Waals surface area contributed by atoms with Gasteiger partial charge in [-0.05, 0) is 23.8 Å². The highest BCUT2D eigenvalue weighted by Crippen LogP contribution is 2.22. The summed E-state index contributed by atoms with van der Waals surface area (Å²) < 4.78 is 18.7. The number of ether oxygens (including phenoxy) is 1. The molecule has 1 aliphatic heterocycles. The van der Waals surface area contributed by atoms with Crippen molar-refractivity contribution in [2.24, 2.45) is 5.73 Å². The predicted molar refractivity (Wildman–Crippen MR) is 63.3 cm³/mol. The van der Waals surface area contributed by atoms with Crippen LogP contribution >= 0.6 is 0 Å². The Morgan fingerprint density at radius 2 is 2.29 bits per heavy atom. The highest BCUT2D eigenvalue weighted by atomic mass is 19.1. The lowest BCUT2D eigenvalue weighted by molar-refractivity contribution is 0.0727. The Balaban J connectivity index is 2.27. The number of nitrogens with two attached hydrogens (primary N) is 1. The molecule has 1 unspecified atom stereocenters. The Hall–Kier alpha value is -1.17. The first-order chi connectivity index (χ1) is 8.24. The SMILES string of the molecule is NCc1cc(F)cc(N2CCOCC2CO)c1. The Morgan fingerprint density at radius 1 is 1.47 bits per heavy atom. The van der Waals surface area contributed by atoms with E-state index in [1.807, 2.05) is 11.0 Å². The summed E-state index contributed by atoms with van der Waals surface area (Å²) in [6.45, 7) is 2.00. The molecule has 0 aromatic heterocycles. The highest BCUT2D eigenvalue weighted by molar-refractivity contribution is 5.50. The van der Waals surface area contributed by atoms with E-state index in [2.05, 4.69) is 0 Å². The zero-order valence-corrected chi connectivity index (χ0v) is 9.60. The van der Waals surface area contributed by atoms with E-state index >= 15 is 0 Å². The fraction of sp³-hybridized carbons (Fsp3) is 0.500. The van der Waals surface area contributed by atoms with Crippen LogP contribution in [-0.4, -0.2) is 37.5 Å².